The lowest BCUT2D eigenvalue weighted by molar-refractivity contribution is 0.0402. The maximum Gasteiger partial charge on any atom is 0.412 e. The van der Waals surface area contributed by atoms with E-state index in [-0.39, 0.29) is 16.3 Å². The van der Waals surface area contributed by atoms with Crippen molar-refractivity contribution in [3.63, 3.8) is 0 Å². The molecule has 0 aliphatic heterocycles. The van der Waals surface area contributed by atoms with Gasteiger partial charge in [-0.1, -0.05) is 23.2 Å². The number of hydrogen-bond acceptors (Lipinski definition) is 8. The number of nitrogens with zero attached hydrogens (tertiary/aromatic N) is 3. The number of benzene rings is 2. The van der Waals surface area contributed by atoms with Gasteiger partial charge < -0.3 is 14.2 Å². The Labute approximate surface area is 236 Å². The number of anilines is 1. The number of thiazole rings is 1. The number of aromatic nitrogens is 3. The van der Waals surface area contributed by atoms with Crippen LogP contribution in [-0.2, 0) is 4.74 Å². The molecule has 1 N–H and O–H groups in total. The van der Waals surface area contributed by atoms with Gasteiger partial charge in [-0.2, -0.15) is 0 Å². The fourth-order valence-electron chi connectivity index (χ4n) is 3.80. The van der Waals surface area contributed by atoms with Gasteiger partial charge in [0.2, 0.25) is 0 Å². The first-order valence-corrected chi connectivity index (χ1v) is 13.3. The Morgan fingerprint density at radius 2 is 1.92 bits per heavy atom. The predicted molar refractivity (Wildman–Crippen MR) is 151 cm³/mol. The van der Waals surface area contributed by atoms with Gasteiger partial charge in [0.05, 0.1) is 35.4 Å². The largest absolute Gasteiger partial charge is 0.495 e. The van der Waals surface area contributed by atoms with Crippen molar-refractivity contribution in [3.8, 4) is 22.1 Å². The minimum Gasteiger partial charge on any atom is -0.495 e. The van der Waals surface area contributed by atoms with E-state index in [9.17, 15) is 4.79 Å². The molecule has 0 radical (unpaired) electrons. The summed E-state index contributed by atoms with van der Waals surface area (Å²) in [5, 5.41) is 4.22. The van der Waals surface area contributed by atoms with Crippen LogP contribution in [-0.4, -0.2) is 40.4 Å². The van der Waals surface area contributed by atoms with Crippen molar-refractivity contribution in [1.29, 1.82) is 0 Å². The first-order valence-electron chi connectivity index (χ1n) is 11.7. The normalized spacial score (nSPS) is 12.8. The molecule has 0 fully saturated rings. The first-order chi connectivity index (χ1) is 18.7. The van der Waals surface area contributed by atoms with Crippen LogP contribution < -0.4 is 14.8 Å². The Morgan fingerprint density at radius 1 is 1.10 bits per heavy atom. The highest BCUT2D eigenvalue weighted by molar-refractivity contribution is 7.21. The Kier molecular flexibility index (Phi) is 7.69. The van der Waals surface area contributed by atoms with Crippen molar-refractivity contribution >= 4 is 67.4 Å². The van der Waals surface area contributed by atoms with Crippen molar-refractivity contribution in [1.82, 2.24) is 15.0 Å². The van der Waals surface area contributed by atoms with Gasteiger partial charge in [0.15, 0.2) is 11.6 Å². The zero-order valence-electron chi connectivity index (χ0n) is 20.9. The van der Waals surface area contributed by atoms with E-state index in [0.717, 1.165) is 5.39 Å². The molecule has 12 heteroatoms. The molecule has 1 amide bonds. The molecule has 0 spiro atoms. The van der Waals surface area contributed by atoms with Crippen LogP contribution in [0, 0.1) is 5.82 Å². The highest BCUT2D eigenvalue weighted by Crippen LogP contribution is 2.41. The highest BCUT2D eigenvalue weighted by atomic mass is 35.5. The molecule has 8 nitrogen and oxygen atoms in total. The van der Waals surface area contributed by atoms with E-state index in [0.29, 0.717) is 37.2 Å². The lowest BCUT2D eigenvalue weighted by Gasteiger charge is -2.22. The number of nitrogens with one attached hydrogen (secondary N) is 1. The Hall–Kier alpha value is -3.73. The number of hydrogen-bond donors (Lipinski definition) is 1. The van der Waals surface area contributed by atoms with Crippen LogP contribution >= 0.6 is 34.5 Å². The lowest BCUT2D eigenvalue weighted by Crippen LogP contribution is -2.32. The van der Waals surface area contributed by atoms with Crippen molar-refractivity contribution in [2.75, 3.05) is 12.4 Å². The fraction of sp³-hybridized carbons (Fsp3) is 0.185. The van der Waals surface area contributed by atoms with Crippen molar-refractivity contribution in [2.24, 2.45) is 0 Å². The maximum atomic E-state index is 15.3. The topological polar surface area (TPSA) is 95.5 Å². The molecule has 2 atom stereocenters. The number of methoxy groups -OCH3 is 1. The van der Waals surface area contributed by atoms with Crippen LogP contribution in [0.4, 0.5) is 14.9 Å². The van der Waals surface area contributed by atoms with Crippen LogP contribution in [0.1, 0.15) is 13.8 Å². The molecule has 2 unspecified atom stereocenters. The molecule has 0 saturated carbocycles. The zero-order chi connectivity index (χ0) is 27.7. The lowest BCUT2D eigenvalue weighted by atomic mass is 10.1. The number of carbonyl (C=O) groups is 1. The number of rotatable bonds is 7. The van der Waals surface area contributed by atoms with Crippen LogP contribution in [0.3, 0.4) is 0 Å². The van der Waals surface area contributed by atoms with Crippen LogP contribution in [0.15, 0.2) is 55.0 Å². The molecule has 0 aliphatic carbocycles. The maximum absolute atomic E-state index is 15.3. The molecule has 0 saturated heterocycles. The van der Waals surface area contributed by atoms with Gasteiger partial charge >= 0.3 is 6.09 Å². The molecular weight excluding hydrogens is 566 g/mol. The third-order valence-electron chi connectivity index (χ3n) is 5.90. The highest BCUT2D eigenvalue weighted by Gasteiger charge is 2.24. The van der Waals surface area contributed by atoms with Gasteiger partial charge in [-0.25, -0.2) is 14.2 Å². The van der Waals surface area contributed by atoms with Gasteiger partial charge in [0.25, 0.3) is 0 Å². The molecule has 0 bridgehead atoms. The van der Waals surface area contributed by atoms with Crippen molar-refractivity contribution in [3.05, 3.63) is 70.9 Å². The van der Waals surface area contributed by atoms with E-state index in [2.05, 4.69) is 20.3 Å². The minimum atomic E-state index is -0.765. The number of ether oxygens (including phenoxy) is 3. The molecular formula is C27H21Cl2FN4O4S. The second-order valence-corrected chi connectivity index (χ2v) is 10.4. The summed E-state index contributed by atoms with van der Waals surface area (Å²) >= 11 is 14.1. The molecule has 2 aromatic carbocycles. The molecule has 5 rings (SSSR count). The standard InChI is InChI=1S/C27H21Cl2FN4O4S/c1-13(14(2)38-27(35)33-17-5-4-6-31-11-17)37-20-10-21-25(22(29)23(20)30)34-26(39-21)19-9-16(28)7-15-8-18(36-3)12-32-24(15)19/h4-14H,1-3H3,(H,33,35). The number of amides is 1. The van der Waals surface area contributed by atoms with Gasteiger partial charge in [0.1, 0.15) is 33.5 Å². The Balaban J connectivity index is 1.40. The second-order valence-electron chi connectivity index (χ2n) is 8.57. The van der Waals surface area contributed by atoms with E-state index in [1.807, 2.05) is 6.07 Å². The van der Waals surface area contributed by atoms with Crippen LogP contribution in [0.5, 0.6) is 11.5 Å². The Morgan fingerprint density at radius 3 is 2.67 bits per heavy atom. The van der Waals surface area contributed by atoms with E-state index in [1.165, 1.54) is 23.6 Å². The molecule has 3 aromatic heterocycles. The quantitative estimate of drug-likeness (QED) is 0.208. The van der Waals surface area contributed by atoms with Crippen molar-refractivity contribution in [2.45, 2.75) is 26.1 Å². The van der Waals surface area contributed by atoms with Gasteiger partial charge in [-0.15, -0.1) is 11.3 Å². The number of fused-ring (bicyclic) bond motifs is 2. The summed E-state index contributed by atoms with van der Waals surface area (Å²) in [6, 6.07) is 10.2. The predicted octanol–water partition coefficient (Wildman–Crippen LogP) is 7.77. The smallest absolute Gasteiger partial charge is 0.412 e. The zero-order valence-corrected chi connectivity index (χ0v) is 23.2. The summed E-state index contributed by atoms with van der Waals surface area (Å²) in [5.41, 5.74) is 2.11. The van der Waals surface area contributed by atoms with E-state index in [1.54, 1.807) is 57.6 Å². The molecule has 5 aromatic rings. The van der Waals surface area contributed by atoms with Gasteiger partial charge in [-0.05, 0) is 44.2 Å². The third-order valence-corrected chi connectivity index (χ3v) is 7.50. The molecule has 0 aliphatic rings. The van der Waals surface area contributed by atoms with Crippen LogP contribution in [0.2, 0.25) is 10.0 Å². The SMILES string of the molecule is COc1cnc2c(-c3nc4c(Cl)c(F)c(OC(C)C(C)OC(=O)Nc5cccnc5)cc4s3)cc(Cl)cc2c1. The van der Waals surface area contributed by atoms with Gasteiger partial charge in [0, 0.05) is 28.2 Å². The number of halogens is 3. The molecule has 39 heavy (non-hydrogen) atoms. The summed E-state index contributed by atoms with van der Waals surface area (Å²) in [7, 11) is 1.56. The minimum absolute atomic E-state index is 0.0860. The summed E-state index contributed by atoms with van der Waals surface area (Å²) in [6.45, 7) is 3.30. The second kappa shape index (κ2) is 11.2. The Bertz CT molecular complexity index is 1690. The molecule has 3 heterocycles. The fourth-order valence-corrected chi connectivity index (χ4v) is 5.34. The number of carbonyl (C=O) groups excluding carboxylic acids is 1. The average molecular weight is 587 g/mol. The van der Waals surface area contributed by atoms with Crippen LogP contribution in [0.25, 0.3) is 31.7 Å². The third kappa shape index (κ3) is 5.68. The van der Waals surface area contributed by atoms with Crippen molar-refractivity contribution < 1.29 is 23.4 Å². The van der Waals surface area contributed by atoms with E-state index >= 15 is 4.39 Å². The summed E-state index contributed by atoms with van der Waals surface area (Å²) < 4.78 is 32.3. The monoisotopic (exact) mass is 586 g/mol. The average Bonchev–Trinajstić information content (AvgIpc) is 3.35. The van der Waals surface area contributed by atoms with Gasteiger partial charge in [-0.3, -0.25) is 15.3 Å². The van der Waals surface area contributed by atoms with E-state index in [4.69, 9.17) is 37.4 Å². The first kappa shape index (κ1) is 26.9. The van der Waals surface area contributed by atoms with E-state index < -0.39 is 24.1 Å². The molecule has 200 valence electrons. The summed E-state index contributed by atoms with van der Waals surface area (Å²) in [4.78, 5) is 25.3. The number of pyridine rings is 2. The summed E-state index contributed by atoms with van der Waals surface area (Å²) in [6.07, 6.45) is 2.58. The summed E-state index contributed by atoms with van der Waals surface area (Å²) in [5.74, 6) is -0.260.